The van der Waals surface area contributed by atoms with Crippen LogP contribution in [0.2, 0.25) is 0 Å². The number of hydrogen-bond donors (Lipinski definition) is 0. The zero-order valence-electron chi connectivity index (χ0n) is 14.0. The molecule has 0 radical (unpaired) electrons. The van der Waals surface area contributed by atoms with Crippen LogP contribution in [0, 0.1) is 0 Å². The highest BCUT2D eigenvalue weighted by Crippen LogP contribution is 2.28. The van der Waals surface area contributed by atoms with Gasteiger partial charge in [0, 0.05) is 17.8 Å². The molecule has 0 saturated carbocycles. The summed E-state index contributed by atoms with van der Waals surface area (Å²) in [6, 6.07) is 9.60. The maximum Gasteiger partial charge on any atom is 0.280 e. The fraction of sp³-hybridized carbons (Fsp3) is 0.235. The molecule has 0 bridgehead atoms. The van der Waals surface area contributed by atoms with Gasteiger partial charge < -0.3 is 9.26 Å². The third-order valence-electron chi connectivity index (χ3n) is 3.84. The summed E-state index contributed by atoms with van der Waals surface area (Å²) in [4.78, 5) is 8.69. The topological polar surface area (TPSA) is 91.8 Å². The summed E-state index contributed by atoms with van der Waals surface area (Å²) in [5.41, 5.74) is 3.06. The summed E-state index contributed by atoms with van der Waals surface area (Å²) in [6.07, 6.45) is 1.65. The van der Waals surface area contributed by atoms with Gasteiger partial charge in [0.15, 0.2) is 5.69 Å². The number of benzene rings is 1. The van der Waals surface area contributed by atoms with E-state index in [0.29, 0.717) is 23.2 Å². The van der Waals surface area contributed by atoms with Crippen molar-refractivity contribution in [2.45, 2.75) is 19.9 Å². The summed E-state index contributed by atoms with van der Waals surface area (Å²) in [7, 11) is 1.57. The first-order chi connectivity index (χ1) is 12.2. The molecular formula is C17H16N6O2. The lowest BCUT2D eigenvalue weighted by molar-refractivity contribution is 0.403. The van der Waals surface area contributed by atoms with Crippen LogP contribution in [-0.4, -0.2) is 37.2 Å². The fourth-order valence-corrected chi connectivity index (χ4v) is 2.62. The van der Waals surface area contributed by atoms with Crippen LogP contribution in [0.4, 0.5) is 0 Å². The molecule has 0 fully saturated rings. The maximum atomic E-state index is 5.36. The third-order valence-corrected chi connectivity index (χ3v) is 3.84. The van der Waals surface area contributed by atoms with Gasteiger partial charge in [-0.15, -0.1) is 5.10 Å². The van der Waals surface area contributed by atoms with E-state index in [9.17, 15) is 0 Å². The molecule has 0 aliphatic carbocycles. The van der Waals surface area contributed by atoms with Gasteiger partial charge in [-0.3, -0.25) is 0 Å². The van der Waals surface area contributed by atoms with Gasteiger partial charge in [-0.1, -0.05) is 10.4 Å². The average molecular weight is 336 g/mol. The smallest absolute Gasteiger partial charge is 0.280 e. The zero-order chi connectivity index (χ0) is 17.4. The molecule has 3 heterocycles. The summed E-state index contributed by atoms with van der Waals surface area (Å²) >= 11 is 0. The van der Waals surface area contributed by atoms with Gasteiger partial charge in [-0.25, -0.2) is 9.67 Å². The Bertz CT molecular complexity index is 1040. The van der Waals surface area contributed by atoms with Crippen molar-refractivity contribution in [2.24, 2.45) is 0 Å². The second-order valence-corrected chi connectivity index (χ2v) is 5.81. The van der Waals surface area contributed by atoms with Crippen LogP contribution in [0.25, 0.3) is 34.0 Å². The van der Waals surface area contributed by atoms with Gasteiger partial charge in [-0.2, -0.15) is 4.98 Å². The Kier molecular flexibility index (Phi) is 3.64. The van der Waals surface area contributed by atoms with E-state index >= 15 is 0 Å². The minimum Gasteiger partial charge on any atom is -0.494 e. The molecule has 0 spiro atoms. The van der Waals surface area contributed by atoms with Crippen LogP contribution in [0.1, 0.15) is 19.9 Å². The Morgan fingerprint density at radius 1 is 1.20 bits per heavy atom. The monoisotopic (exact) mass is 336 g/mol. The second kappa shape index (κ2) is 5.97. The van der Waals surface area contributed by atoms with E-state index in [2.05, 4.69) is 39.3 Å². The summed E-state index contributed by atoms with van der Waals surface area (Å²) in [5.74, 6) is 1.34. The zero-order valence-corrected chi connectivity index (χ0v) is 14.0. The lowest BCUT2D eigenvalue weighted by atomic mass is 10.2. The average Bonchev–Trinajstić information content (AvgIpc) is 3.28. The number of ether oxygens (including phenoxy) is 1. The van der Waals surface area contributed by atoms with Crippen molar-refractivity contribution in [3.05, 3.63) is 36.5 Å². The van der Waals surface area contributed by atoms with Crippen LogP contribution in [-0.2, 0) is 0 Å². The third kappa shape index (κ3) is 2.61. The van der Waals surface area contributed by atoms with Crippen molar-refractivity contribution in [2.75, 3.05) is 7.11 Å². The highest BCUT2D eigenvalue weighted by Gasteiger charge is 2.17. The Hall–Kier alpha value is -3.29. The lowest BCUT2D eigenvalue weighted by Gasteiger charge is -2.04. The fourth-order valence-electron chi connectivity index (χ4n) is 2.62. The predicted octanol–water partition coefficient (Wildman–Crippen LogP) is 3.13. The Balaban J connectivity index is 1.74. The minimum atomic E-state index is 0.240. The number of methoxy groups -OCH3 is 1. The van der Waals surface area contributed by atoms with Crippen molar-refractivity contribution >= 4 is 11.0 Å². The second-order valence-electron chi connectivity index (χ2n) is 5.81. The molecule has 0 N–H and O–H groups in total. The van der Waals surface area contributed by atoms with Crippen molar-refractivity contribution in [1.29, 1.82) is 0 Å². The maximum absolute atomic E-state index is 5.36. The molecule has 1 aromatic carbocycles. The molecule has 0 unspecified atom stereocenters. The van der Waals surface area contributed by atoms with Crippen LogP contribution in [0.15, 0.2) is 41.1 Å². The number of aromatic nitrogens is 6. The van der Waals surface area contributed by atoms with Crippen molar-refractivity contribution in [3.8, 4) is 28.7 Å². The number of rotatable bonds is 4. The van der Waals surface area contributed by atoms with E-state index in [1.807, 2.05) is 22.9 Å². The predicted molar refractivity (Wildman–Crippen MR) is 91.0 cm³/mol. The summed E-state index contributed by atoms with van der Waals surface area (Å²) in [5, 5.41) is 12.4. The summed E-state index contributed by atoms with van der Waals surface area (Å²) in [6.45, 7) is 4.13. The summed E-state index contributed by atoms with van der Waals surface area (Å²) < 4.78 is 12.5. The van der Waals surface area contributed by atoms with E-state index in [0.717, 1.165) is 16.6 Å². The highest BCUT2D eigenvalue weighted by atomic mass is 16.5. The highest BCUT2D eigenvalue weighted by molar-refractivity contribution is 5.80. The van der Waals surface area contributed by atoms with Crippen LogP contribution >= 0.6 is 0 Å². The van der Waals surface area contributed by atoms with Crippen molar-refractivity contribution in [3.63, 3.8) is 0 Å². The number of fused-ring (bicyclic) bond motifs is 1. The number of hydrogen-bond acceptors (Lipinski definition) is 7. The Morgan fingerprint density at radius 3 is 2.88 bits per heavy atom. The van der Waals surface area contributed by atoms with E-state index in [-0.39, 0.29) is 6.04 Å². The number of pyridine rings is 1. The van der Waals surface area contributed by atoms with Crippen molar-refractivity contribution < 1.29 is 9.26 Å². The van der Waals surface area contributed by atoms with Gasteiger partial charge >= 0.3 is 0 Å². The molecule has 4 aromatic rings. The molecule has 0 saturated heterocycles. The largest absolute Gasteiger partial charge is 0.494 e. The molecule has 126 valence electrons. The molecule has 8 heteroatoms. The molecular weight excluding hydrogens is 320 g/mol. The molecule has 8 nitrogen and oxygen atoms in total. The van der Waals surface area contributed by atoms with E-state index in [1.165, 1.54) is 0 Å². The minimum absolute atomic E-state index is 0.240. The van der Waals surface area contributed by atoms with E-state index in [1.54, 1.807) is 25.4 Å². The SMILES string of the molecule is COc1cccnc1-c1nc(-c2ccc3c(c2)nnn3C(C)C)no1. The first kappa shape index (κ1) is 15.3. The lowest BCUT2D eigenvalue weighted by Crippen LogP contribution is -2.02. The van der Waals surface area contributed by atoms with Gasteiger partial charge in [0.1, 0.15) is 11.3 Å². The van der Waals surface area contributed by atoms with Crippen LogP contribution in [0.5, 0.6) is 5.75 Å². The normalized spacial score (nSPS) is 11.4. The molecule has 3 aromatic heterocycles. The molecule has 0 aliphatic rings. The van der Waals surface area contributed by atoms with Gasteiger partial charge in [0.05, 0.1) is 12.6 Å². The van der Waals surface area contributed by atoms with Crippen LogP contribution in [0.3, 0.4) is 0 Å². The van der Waals surface area contributed by atoms with E-state index < -0.39 is 0 Å². The molecule has 0 amide bonds. The van der Waals surface area contributed by atoms with Gasteiger partial charge in [0.25, 0.3) is 5.89 Å². The van der Waals surface area contributed by atoms with Crippen molar-refractivity contribution in [1.82, 2.24) is 30.1 Å². The number of nitrogens with zero attached hydrogens (tertiary/aromatic N) is 6. The standard InChI is InChI=1S/C17H16N6O2/c1-10(2)23-13-7-6-11(9-12(13)20-22-23)16-19-17(25-21-16)15-14(24-3)5-4-8-18-15/h4-10H,1-3H3. The first-order valence-corrected chi connectivity index (χ1v) is 7.86. The van der Waals surface area contributed by atoms with Gasteiger partial charge in [0.2, 0.25) is 5.82 Å². The van der Waals surface area contributed by atoms with Gasteiger partial charge in [-0.05, 0) is 44.2 Å². The molecule has 4 rings (SSSR count). The Morgan fingerprint density at radius 2 is 2.08 bits per heavy atom. The first-order valence-electron chi connectivity index (χ1n) is 7.86. The van der Waals surface area contributed by atoms with Crippen LogP contribution < -0.4 is 4.74 Å². The molecule has 25 heavy (non-hydrogen) atoms. The quantitative estimate of drug-likeness (QED) is 0.565. The Labute approximate surface area is 143 Å². The molecule has 0 aliphatic heterocycles. The molecule has 0 atom stereocenters. The van der Waals surface area contributed by atoms with E-state index in [4.69, 9.17) is 9.26 Å².